The Bertz CT molecular complexity index is 2670. The molecule has 0 amide bonds. The lowest BCUT2D eigenvalue weighted by molar-refractivity contribution is -0.212. The minimum Gasteiger partial charge on any atom is -0.377 e. The zero-order valence-electron chi connectivity index (χ0n) is 34.6. The van der Waals surface area contributed by atoms with Crippen LogP contribution in [0.3, 0.4) is 0 Å². The number of anilines is 2. The average Bonchev–Trinajstić information content (AvgIpc) is 3.88. The van der Waals surface area contributed by atoms with E-state index in [1.54, 1.807) is 30.5 Å². The number of benzene rings is 3. The number of fused-ring (bicyclic) bond motifs is 3. The number of allylic oxidation sites excluding steroid dienone is 5. The van der Waals surface area contributed by atoms with E-state index in [0.29, 0.717) is 35.8 Å². The number of ether oxygens (including phenoxy) is 1. The van der Waals surface area contributed by atoms with E-state index in [1.807, 2.05) is 74.5 Å². The molecule has 3 aromatic carbocycles. The normalized spacial score (nSPS) is 20.0. The first-order valence-corrected chi connectivity index (χ1v) is 21.0. The molecule has 2 unspecified atom stereocenters. The van der Waals surface area contributed by atoms with Gasteiger partial charge in [-0.25, -0.2) is 32.5 Å². The summed E-state index contributed by atoms with van der Waals surface area (Å²) >= 11 is 0. The van der Waals surface area contributed by atoms with Gasteiger partial charge in [0, 0.05) is 43.0 Å². The Morgan fingerprint density at radius 3 is 2.39 bits per heavy atom. The van der Waals surface area contributed by atoms with Gasteiger partial charge in [-0.2, -0.15) is 5.10 Å². The summed E-state index contributed by atoms with van der Waals surface area (Å²) in [6, 6.07) is 28.2. The number of hydrogen-bond donors (Lipinski definition) is 1. The molecule has 1 saturated heterocycles. The second kappa shape index (κ2) is 16.7. The van der Waals surface area contributed by atoms with E-state index >= 15 is 8.78 Å². The van der Waals surface area contributed by atoms with Gasteiger partial charge in [0.15, 0.2) is 11.4 Å². The predicted octanol–water partition coefficient (Wildman–Crippen LogP) is 7.02. The number of alkyl halides is 2. The second-order valence-electron chi connectivity index (χ2n) is 16.1. The van der Waals surface area contributed by atoms with Gasteiger partial charge >= 0.3 is 5.69 Å². The molecule has 3 aromatic heterocycles. The maximum atomic E-state index is 16.7. The third kappa shape index (κ3) is 7.44. The molecule has 5 heterocycles. The zero-order chi connectivity index (χ0) is 43.0. The van der Waals surface area contributed by atoms with Gasteiger partial charge in [0.1, 0.15) is 12.1 Å². The molecule has 4 atom stereocenters. The minimum absolute atomic E-state index is 0.0897. The Balaban J connectivity index is 0.817. The van der Waals surface area contributed by atoms with Gasteiger partial charge in [-0.15, -0.1) is 5.10 Å². The van der Waals surface area contributed by atoms with Crippen LogP contribution in [0.5, 0.6) is 0 Å². The van der Waals surface area contributed by atoms with Gasteiger partial charge in [-0.3, -0.25) is 0 Å². The van der Waals surface area contributed by atoms with Crippen LogP contribution in [-0.4, -0.2) is 82.9 Å². The van der Waals surface area contributed by atoms with Crippen LogP contribution >= 0.6 is 0 Å². The highest BCUT2D eigenvalue weighted by molar-refractivity contribution is 5.76. The lowest BCUT2D eigenvalue weighted by Crippen LogP contribution is -2.54. The molecule has 13 nitrogen and oxygen atoms in total. The molecule has 2 aliphatic heterocycles. The SMILES string of the molecule is C=C1CC=C(c2ccc(N3CCN(c4ccc(-n5cnn([C@@H](CC)[C@H](C)OCc6ccccc6)c5=O)nc4)CC3)cc2)C=CC1C(F)(F)C1(O)Cn2nnnc2-c2ccccc21. The summed E-state index contributed by atoms with van der Waals surface area (Å²) in [4.78, 5) is 22.8. The van der Waals surface area contributed by atoms with Crippen LogP contribution in [0.25, 0.3) is 22.8 Å². The highest BCUT2D eigenvalue weighted by Crippen LogP contribution is 2.52. The Morgan fingerprint density at radius 2 is 1.66 bits per heavy atom. The van der Waals surface area contributed by atoms with Gasteiger partial charge in [0.2, 0.25) is 0 Å². The monoisotopic (exact) mass is 838 g/mol. The first-order valence-electron chi connectivity index (χ1n) is 21.0. The van der Waals surface area contributed by atoms with Crippen molar-refractivity contribution >= 4 is 16.9 Å². The number of piperazine rings is 1. The summed E-state index contributed by atoms with van der Waals surface area (Å²) in [6.45, 7) is 11.1. The first kappa shape index (κ1) is 40.8. The van der Waals surface area contributed by atoms with E-state index in [4.69, 9.17) is 4.74 Å². The Labute approximate surface area is 357 Å². The predicted molar refractivity (Wildman–Crippen MR) is 233 cm³/mol. The summed E-state index contributed by atoms with van der Waals surface area (Å²) in [5, 5.41) is 27.8. The summed E-state index contributed by atoms with van der Waals surface area (Å²) in [5.74, 6) is -4.23. The lowest BCUT2D eigenvalue weighted by Gasteiger charge is -2.42. The molecule has 1 fully saturated rings. The van der Waals surface area contributed by atoms with E-state index in [0.717, 1.165) is 54.3 Å². The highest BCUT2D eigenvalue weighted by atomic mass is 19.3. The van der Waals surface area contributed by atoms with Gasteiger partial charge in [-0.1, -0.05) is 104 Å². The number of aliphatic hydroxyl groups is 1. The Morgan fingerprint density at radius 1 is 0.952 bits per heavy atom. The molecule has 0 radical (unpaired) electrons. The highest BCUT2D eigenvalue weighted by Gasteiger charge is 2.61. The van der Waals surface area contributed by atoms with Crippen LogP contribution in [0.2, 0.25) is 0 Å². The minimum atomic E-state index is -3.63. The molecular weight excluding hydrogens is 791 g/mol. The molecular formula is C47H48F2N10O3. The van der Waals surface area contributed by atoms with Crippen molar-refractivity contribution in [3.8, 4) is 17.2 Å². The Kier molecular flexibility index (Phi) is 11.0. The zero-order valence-corrected chi connectivity index (χ0v) is 34.6. The molecule has 15 heteroatoms. The fourth-order valence-corrected chi connectivity index (χ4v) is 8.86. The van der Waals surface area contributed by atoms with Crippen molar-refractivity contribution in [2.75, 3.05) is 36.0 Å². The van der Waals surface area contributed by atoms with Crippen LogP contribution in [-0.2, 0) is 23.5 Å². The van der Waals surface area contributed by atoms with E-state index in [9.17, 15) is 9.90 Å². The van der Waals surface area contributed by atoms with Crippen molar-refractivity contribution in [3.63, 3.8) is 0 Å². The molecule has 1 aliphatic carbocycles. The van der Waals surface area contributed by atoms with Crippen molar-refractivity contribution in [1.82, 2.24) is 39.5 Å². The topological polar surface area (TPSA) is 132 Å². The Hall–Kier alpha value is -6.58. The summed E-state index contributed by atoms with van der Waals surface area (Å²) in [6.07, 6.45) is 9.08. The van der Waals surface area contributed by atoms with Crippen molar-refractivity contribution in [2.45, 2.75) is 63.5 Å². The maximum Gasteiger partial charge on any atom is 0.351 e. The standard InChI is InChI=1S/C47H48F2N10O3/c1-4-42(33(3)62-29-34-10-6-5-7-11-34)59-45(60)57(31-51-59)43-23-21-38(28-50-43)56-26-24-55(25-27-56)37-19-16-36(17-20-37)35-15-14-32(2)40(22-18-35)47(48,49)46(61)30-58-44(52-53-54-58)39-12-8-9-13-41(39)46/h5-13,15-23,28,31,33,40,42,61H,2,4,14,24-27,29-30H2,1,3H3/t33-,40?,42-,46?/m0/s1. The fraction of sp³-hybridized carbons (Fsp3) is 0.319. The molecule has 6 aromatic rings. The smallest absolute Gasteiger partial charge is 0.351 e. The molecule has 318 valence electrons. The molecule has 0 bridgehead atoms. The van der Waals surface area contributed by atoms with Crippen molar-refractivity contribution in [3.05, 3.63) is 161 Å². The molecule has 0 saturated carbocycles. The second-order valence-corrected chi connectivity index (χ2v) is 16.1. The van der Waals surface area contributed by atoms with Gasteiger partial charge < -0.3 is 19.6 Å². The number of halogens is 2. The van der Waals surface area contributed by atoms with Crippen LogP contribution in [0, 0.1) is 5.92 Å². The number of rotatable bonds is 12. The van der Waals surface area contributed by atoms with Crippen LogP contribution in [0.15, 0.2) is 139 Å². The van der Waals surface area contributed by atoms with Crippen molar-refractivity contribution < 1.29 is 18.6 Å². The lowest BCUT2D eigenvalue weighted by atomic mass is 9.74. The number of tetrazole rings is 1. The molecule has 0 spiro atoms. The quantitative estimate of drug-likeness (QED) is 0.128. The van der Waals surface area contributed by atoms with Gasteiger partial charge in [-0.05, 0) is 71.2 Å². The largest absolute Gasteiger partial charge is 0.377 e. The van der Waals surface area contributed by atoms with Crippen molar-refractivity contribution in [1.29, 1.82) is 0 Å². The van der Waals surface area contributed by atoms with Crippen LogP contribution < -0.4 is 15.5 Å². The molecule has 3 aliphatic rings. The number of nitrogens with zero attached hydrogens (tertiary/aromatic N) is 10. The van der Waals surface area contributed by atoms with E-state index < -0.39 is 24.0 Å². The average molecular weight is 839 g/mol. The summed E-state index contributed by atoms with van der Waals surface area (Å²) in [5.41, 5.74) is 2.74. The number of aromatic nitrogens is 8. The number of hydrogen-bond acceptors (Lipinski definition) is 10. The van der Waals surface area contributed by atoms with Crippen LogP contribution in [0.1, 0.15) is 49.4 Å². The third-order valence-corrected chi connectivity index (χ3v) is 12.5. The van der Waals surface area contributed by atoms with Gasteiger partial charge in [0.25, 0.3) is 5.92 Å². The van der Waals surface area contributed by atoms with E-state index in [2.05, 4.69) is 54.1 Å². The molecule has 9 rings (SSSR count). The van der Waals surface area contributed by atoms with E-state index in [-0.39, 0.29) is 29.8 Å². The molecule has 1 N–H and O–H groups in total. The molecule has 62 heavy (non-hydrogen) atoms. The van der Waals surface area contributed by atoms with E-state index in [1.165, 1.54) is 32.4 Å². The maximum absolute atomic E-state index is 16.7. The summed E-state index contributed by atoms with van der Waals surface area (Å²) in [7, 11) is 0. The fourth-order valence-electron chi connectivity index (χ4n) is 8.86. The summed E-state index contributed by atoms with van der Waals surface area (Å²) < 4.78 is 43.8. The van der Waals surface area contributed by atoms with Gasteiger partial charge in [0.05, 0.1) is 43.1 Å². The first-order chi connectivity index (χ1) is 30.1. The van der Waals surface area contributed by atoms with Crippen LogP contribution in [0.4, 0.5) is 20.2 Å². The third-order valence-electron chi connectivity index (χ3n) is 12.5. The van der Waals surface area contributed by atoms with Crippen molar-refractivity contribution in [2.24, 2.45) is 5.92 Å². The number of pyridine rings is 1.